The molecule has 0 radical (unpaired) electrons. The topological polar surface area (TPSA) is 42.4 Å². The summed E-state index contributed by atoms with van der Waals surface area (Å²) in [4.78, 5) is 3.81. The molecule has 2 rings (SSSR count). The number of ether oxygens (including phenoxy) is 1. The van der Waals surface area contributed by atoms with Crippen molar-refractivity contribution in [1.29, 1.82) is 0 Å². The highest BCUT2D eigenvalue weighted by Crippen LogP contribution is 2.26. The Bertz CT molecular complexity index is 326. The summed E-state index contributed by atoms with van der Waals surface area (Å²) in [5.41, 5.74) is 0.414. The molecule has 1 N–H and O–H groups in total. The van der Waals surface area contributed by atoms with Crippen LogP contribution in [-0.2, 0) is 6.61 Å². The second-order valence-corrected chi connectivity index (χ2v) is 3.45. The molecule has 0 atom stereocenters. The fourth-order valence-corrected chi connectivity index (χ4v) is 1.33. The number of aromatic nitrogens is 1. The second kappa shape index (κ2) is 3.92. The Hall–Kier alpha value is -1.16. The molecule has 1 aromatic rings. The van der Waals surface area contributed by atoms with Gasteiger partial charge in [-0.1, -0.05) is 0 Å². The van der Waals surface area contributed by atoms with Crippen LogP contribution in [0.1, 0.15) is 24.8 Å². The number of hydrogen-bond acceptors (Lipinski definition) is 3. The highest BCUT2D eigenvalue weighted by molar-refractivity contribution is 5.25. The van der Waals surface area contributed by atoms with Crippen molar-refractivity contribution in [2.75, 3.05) is 0 Å². The first-order valence-electron chi connectivity index (χ1n) is 4.71. The number of hydrogen-bond donors (Lipinski definition) is 1. The lowest BCUT2D eigenvalue weighted by atomic mass is 9.96. The minimum Gasteiger partial charge on any atom is -0.474 e. The smallest absolute Gasteiger partial charge is 0.219 e. The maximum atomic E-state index is 12.7. The van der Waals surface area contributed by atoms with Crippen molar-refractivity contribution in [3.8, 4) is 5.88 Å². The average molecular weight is 197 g/mol. The molecule has 1 saturated carbocycles. The zero-order valence-electron chi connectivity index (χ0n) is 7.74. The van der Waals surface area contributed by atoms with Crippen molar-refractivity contribution < 1.29 is 14.2 Å². The molecular weight excluding hydrogens is 185 g/mol. The van der Waals surface area contributed by atoms with E-state index in [1.807, 2.05) is 0 Å². The van der Waals surface area contributed by atoms with Crippen LogP contribution in [0.15, 0.2) is 12.3 Å². The highest BCUT2D eigenvalue weighted by Gasteiger charge is 2.21. The van der Waals surface area contributed by atoms with E-state index in [9.17, 15) is 4.39 Å². The van der Waals surface area contributed by atoms with Crippen molar-refractivity contribution in [3.05, 3.63) is 23.6 Å². The van der Waals surface area contributed by atoms with Crippen LogP contribution in [0.4, 0.5) is 4.39 Å². The van der Waals surface area contributed by atoms with Gasteiger partial charge < -0.3 is 9.84 Å². The van der Waals surface area contributed by atoms with Crippen molar-refractivity contribution in [3.63, 3.8) is 0 Å². The van der Waals surface area contributed by atoms with Crippen LogP contribution in [0, 0.1) is 5.82 Å². The van der Waals surface area contributed by atoms with E-state index in [-0.39, 0.29) is 12.7 Å². The molecule has 0 aliphatic heterocycles. The fraction of sp³-hybridized carbons (Fsp3) is 0.500. The molecule has 1 fully saturated rings. The summed E-state index contributed by atoms with van der Waals surface area (Å²) < 4.78 is 18.2. The van der Waals surface area contributed by atoms with Crippen molar-refractivity contribution in [2.45, 2.75) is 32.0 Å². The summed E-state index contributed by atoms with van der Waals surface area (Å²) >= 11 is 0. The summed E-state index contributed by atoms with van der Waals surface area (Å²) in [6.07, 6.45) is 4.50. The van der Waals surface area contributed by atoms with Crippen molar-refractivity contribution >= 4 is 0 Å². The van der Waals surface area contributed by atoms with Gasteiger partial charge in [-0.3, -0.25) is 0 Å². The van der Waals surface area contributed by atoms with Crippen LogP contribution in [-0.4, -0.2) is 16.2 Å². The van der Waals surface area contributed by atoms with Gasteiger partial charge in [-0.15, -0.1) is 0 Å². The zero-order chi connectivity index (χ0) is 9.97. The van der Waals surface area contributed by atoms with Gasteiger partial charge in [-0.2, -0.15) is 0 Å². The molecule has 0 saturated heterocycles. The van der Waals surface area contributed by atoms with E-state index in [0.29, 0.717) is 11.4 Å². The number of halogens is 1. The minimum atomic E-state index is -0.449. The Balaban J connectivity index is 2.14. The van der Waals surface area contributed by atoms with Gasteiger partial charge in [-0.25, -0.2) is 9.37 Å². The van der Waals surface area contributed by atoms with E-state index in [1.165, 1.54) is 12.5 Å². The van der Waals surface area contributed by atoms with Crippen molar-refractivity contribution in [2.24, 2.45) is 0 Å². The lowest BCUT2D eigenvalue weighted by molar-refractivity contribution is 0.110. The molecule has 0 aromatic carbocycles. The van der Waals surface area contributed by atoms with Crippen LogP contribution >= 0.6 is 0 Å². The number of aliphatic hydroxyl groups excluding tert-OH is 1. The maximum absolute atomic E-state index is 12.7. The maximum Gasteiger partial charge on any atom is 0.219 e. The van der Waals surface area contributed by atoms with Crippen molar-refractivity contribution in [1.82, 2.24) is 4.98 Å². The van der Waals surface area contributed by atoms with Crippen LogP contribution in [0.5, 0.6) is 5.88 Å². The highest BCUT2D eigenvalue weighted by atomic mass is 19.1. The van der Waals surface area contributed by atoms with Gasteiger partial charge in [0.05, 0.1) is 12.8 Å². The quantitative estimate of drug-likeness (QED) is 0.801. The average Bonchev–Trinajstić information content (AvgIpc) is 2.13. The fourth-order valence-electron chi connectivity index (χ4n) is 1.33. The molecule has 3 nitrogen and oxygen atoms in total. The lowest BCUT2D eigenvalue weighted by Crippen LogP contribution is -2.25. The van der Waals surface area contributed by atoms with Gasteiger partial charge in [0.2, 0.25) is 5.88 Å². The molecule has 0 unspecified atom stereocenters. The Morgan fingerprint density at radius 1 is 1.57 bits per heavy atom. The number of pyridine rings is 1. The Morgan fingerprint density at radius 2 is 2.36 bits per heavy atom. The second-order valence-electron chi connectivity index (χ2n) is 3.45. The van der Waals surface area contributed by atoms with Crippen LogP contribution < -0.4 is 4.74 Å². The largest absolute Gasteiger partial charge is 0.474 e. The third-order valence-electron chi connectivity index (χ3n) is 2.39. The molecule has 1 aliphatic carbocycles. The molecule has 1 aromatic heterocycles. The SMILES string of the molecule is OCc1cc(F)cnc1OC1CCC1. The standard InChI is InChI=1S/C10H12FNO2/c11-8-4-7(6-13)10(12-5-8)14-9-2-1-3-9/h4-5,9,13H,1-3,6H2. The predicted molar refractivity (Wildman–Crippen MR) is 48.4 cm³/mol. The molecule has 1 heterocycles. The Labute approximate surface area is 81.5 Å². The van der Waals surface area contributed by atoms with Gasteiger partial charge in [0.25, 0.3) is 0 Å². The summed E-state index contributed by atoms with van der Waals surface area (Å²) in [6.45, 7) is -0.243. The van der Waals surface area contributed by atoms with Gasteiger partial charge >= 0.3 is 0 Å². The van der Waals surface area contributed by atoms with Gasteiger partial charge in [-0.05, 0) is 25.3 Å². The van der Waals surface area contributed by atoms with E-state index in [1.54, 1.807) is 0 Å². The summed E-state index contributed by atoms with van der Waals surface area (Å²) in [5, 5.41) is 8.96. The van der Waals surface area contributed by atoms with Gasteiger partial charge in [0, 0.05) is 5.56 Å². The lowest BCUT2D eigenvalue weighted by Gasteiger charge is -2.26. The van der Waals surface area contributed by atoms with E-state index in [2.05, 4.69) is 4.98 Å². The van der Waals surface area contributed by atoms with E-state index < -0.39 is 5.82 Å². The molecule has 14 heavy (non-hydrogen) atoms. The zero-order valence-corrected chi connectivity index (χ0v) is 7.74. The molecule has 0 amide bonds. The third kappa shape index (κ3) is 1.85. The number of nitrogens with zero attached hydrogens (tertiary/aromatic N) is 1. The predicted octanol–water partition coefficient (Wildman–Crippen LogP) is 1.64. The molecule has 0 bridgehead atoms. The minimum absolute atomic E-state index is 0.193. The van der Waals surface area contributed by atoms with E-state index >= 15 is 0 Å². The molecule has 1 aliphatic rings. The summed E-state index contributed by atoms with van der Waals surface area (Å²) in [6, 6.07) is 1.25. The van der Waals surface area contributed by atoms with Gasteiger partial charge in [0.1, 0.15) is 11.9 Å². The van der Waals surface area contributed by atoms with Crippen LogP contribution in [0.2, 0.25) is 0 Å². The normalized spacial score (nSPS) is 16.4. The monoisotopic (exact) mass is 197 g/mol. The Morgan fingerprint density at radius 3 is 2.93 bits per heavy atom. The number of rotatable bonds is 3. The first-order valence-corrected chi connectivity index (χ1v) is 4.71. The molecule has 4 heteroatoms. The van der Waals surface area contributed by atoms with E-state index in [0.717, 1.165) is 19.0 Å². The first-order chi connectivity index (χ1) is 6.79. The van der Waals surface area contributed by atoms with Gasteiger partial charge in [0.15, 0.2) is 0 Å². The molecular formula is C10H12FNO2. The molecule has 0 spiro atoms. The Kier molecular flexibility index (Phi) is 2.63. The van der Waals surface area contributed by atoms with E-state index in [4.69, 9.17) is 9.84 Å². The summed E-state index contributed by atoms with van der Waals surface area (Å²) in [7, 11) is 0. The van der Waals surface area contributed by atoms with Crippen LogP contribution in [0.3, 0.4) is 0 Å². The van der Waals surface area contributed by atoms with Crippen LogP contribution in [0.25, 0.3) is 0 Å². The summed E-state index contributed by atoms with van der Waals surface area (Å²) in [5.74, 6) is -0.0893. The first kappa shape index (κ1) is 9.40. The number of aliphatic hydroxyl groups is 1. The third-order valence-corrected chi connectivity index (χ3v) is 2.39. The molecule has 76 valence electrons.